The molecule has 3 nitrogen and oxygen atoms in total. The Balaban J connectivity index is 3.06. The number of hydrogen-bond acceptors (Lipinski definition) is 2. The van der Waals surface area contributed by atoms with Gasteiger partial charge in [0.05, 0.1) is 17.1 Å². The average molecular weight is 319 g/mol. The van der Waals surface area contributed by atoms with Crippen molar-refractivity contribution in [3.63, 3.8) is 0 Å². The van der Waals surface area contributed by atoms with Crippen LogP contribution in [-0.4, -0.2) is 28.9 Å². The molecule has 0 aliphatic heterocycles. The summed E-state index contributed by atoms with van der Waals surface area (Å²) in [5, 5.41) is 0. The Labute approximate surface area is 113 Å². The van der Waals surface area contributed by atoms with E-state index in [4.69, 9.17) is 18.0 Å². The molecular weight excluding hydrogens is 307 g/mol. The molecule has 6 heteroatoms. The Hall–Kier alpha value is -1.01. The molecule has 92 valence electrons. The molecule has 0 heterocycles. The highest BCUT2D eigenvalue weighted by atomic mass is 79.9. The van der Waals surface area contributed by atoms with Crippen LogP contribution < -0.4 is 5.73 Å². The van der Waals surface area contributed by atoms with Crippen molar-refractivity contribution in [2.75, 3.05) is 13.1 Å². The molecule has 0 spiro atoms. The minimum Gasteiger partial charge on any atom is -0.392 e. The van der Waals surface area contributed by atoms with E-state index in [1.165, 1.54) is 17.0 Å². The summed E-state index contributed by atoms with van der Waals surface area (Å²) in [6.45, 7) is 2.34. The molecule has 2 N–H and O–H groups in total. The number of nitrogens with two attached hydrogens (primary N) is 1. The summed E-state index contributed by atoms with van der Waals surface area (Å²) in [6, 6.07) is 4.39. The van der Waals surface area contributed by atoms with Crippen LogP contribution in [0.1, 0.15) is 17.3 Å². The van der Waals surface area contributed by atoms with Crippen molar-refractivity contribution in [2.24, 2.45) is 5.73 Å². The first-order valence-corrected chi connectivity index (χ1v) is 6.19. The van der Waals surface area contributed by atoms with Crippen LogP contribution in [0.25, 0.3) is 0 Å². The standard InChI is InChI=1S/C11H12BrFN2OS/c1-2-15(6-9(14)17)11(16)10-7(12)4-3-5-8(10)13/h3-5H,2,6H2,1H3,(H2,14,17). The van der Waals surface area contributed by atoms with Gasteiger partial charge in [0.1, 0.15) is 5.82 Å². The van der Waals surface area contributed by atoms with Crippen molar-refractivity contribution in [3.05, 3.63) is 34.1 Å². The predicted octanol–water partition coefficient (Wildman–Crippen LogP) is 2.34. The molecule has 0 saturated heterocycles. The molecule has 0 saturated carbocycles. The SMILES string of the molecule is CCN(CC(N)=S)C(=O)c1c(F)cccc1Br. The lowest BCUT2D eigenvalue weighted by molar-refractivity contribution is 0.0782. The summed E-state index contributed by atoms with van der Waals surface area (Å²) in [4.78, 5) is 13.7. The molecule has 0 aromatic heterocycles. The molecule has 1 amide bonds. The number of hydrogen-bond donors (Lipinski definition) is 1. The fourth-order valence-electron chi connectivity index (χ4n) is 1.38. The Kier molecular flexibility index (Phi) is 5.02. The normalized spacial score (nSPS) is 10.1. The van der Waals surface area contributed by atoms with Crippen LogP contribution in [0.5, 0.6) is 0 Å². The van der Waals surface area contributed by atoms with Gasteiger partial charge in [-0.1, -0.05) is 18.3 Å². The number of carbonyl (C=O) groups is 1. The lowest BCUT2D eigenvalue weighted by Gasteiger charge is -2.21. The third-order valence-electron chi connectivity index (χ3n) is 2.19. The first-order chi connectivity index (χ1) is 7.97. The minimum absolute atomic E-state index is 0.00519. The maximum absolute atomic E-state index is 13.6. The van der Waals surface area contributed by atoms with E-state index in [9.17, 15) is 9.18 Å². The maximum Gasteiger partial charge on any atom is 0.258 e. The Morgan fingerprint density at radius 1 is 1.59 bits per heavy atom. The number of amides is 1. The van der Waals surface area contributed by atoms with Crippen LogP contribution in [0.15, 0.2) is 22.7 Å². The second-order valence-electron chi connectivity index (χ2n) is 3.38. The van der Waals surface area contributed by atoms with Crippen LogP contribution in [0, 0.1) is 5.82 Å². The van der Waals surface area contributed by atoms with E-state index in [0.29, 0.717) is 11.0 Å². The van der Waals surface area contributed by atoms with Crippen LogP contribution in [0.2, 0.25) is 0 Å². The van der Waals surface area contributed by atoms with Crippen molar-refractivity contribution >= 4 is 39.0 Å². The van der Waals surface area contributed by atoms with E-state index in [1.807, 2.05) is 0 Å². The molecule has 0 aliphatic carbocycles. The second-order valence-corrected chi connectivity index (χ2v) is 4.76. The van der Waals surface area contributed by atoms with Gasteiger partial charge in [-0.05, 0) is 35.0 Å². The van der Waals surface area contributed by atoms with Crippen LogP contribution in [0.3, 0.4) is 0 Å². The number of halogens is 2. The first kappa shape index (κ1) is 14.1. The zero-order chi connectivity index (χ0) is 13.0. The monoisotopic (exact) mass is 318 g/mol. The van der Waals surface area contributed by atoms with Crippen molar-refractivity contribution in [2.45, 2.75) is 6.92 Å². The van der Waals surface area contributed by atoms with Crippen LogP contribution >= 0.6 is 28.1 Å². The van der Waals surface area contributed by atoms with Gasteiger partial charge < -0.3 is 10.6 Å². The van der Waals surface area contributed by atoms with E-state index in [1.54, 1.807) is 13.0 Å². The Morgan fingerprint density at radius 2 is 2.24 bits per heavy atom. The molecular formula is C11H12BrFN2OS. The number of thiocarbonyl (C=S) groups is 1. The van der Waals surface area contributed by atoms with Crippen LogP contribution in [-0.2, 0) is 0 Å². The van der Waals surface area contributed by atoms with Gasteiger partial charge in [-0.3, -0.25) is 4.79 Å². The van der Waals surface area contributed by atoms with Crippen molar-refractivity contribution in [1.82, 2.24) is 4.90 Å². The van der Waals surface area contributed by atoms with E-state index in [-0.39, 0.29) is 17.1 Å². The summed E-state index contributed by atoms with van der Waals surface area (Å²) < 4.78 is 14.0. The van der Waals surface area contributed by atoms with Crippen molar-refractivity contribution in [1.29, 1.82) is 0 Å². The number of nitrogens with zero attached hydrogens (tertiary/aromatic N) is 1. The second kappa shape index (κ2) is 6.07. The van der Waals surface area contributed by atoms with Crippen molar-refractivity contribution < 1.29 is 9.18 Å². The largest absolute Gasteiger partial charge is 0.392 e. The zero-order valence-corrected chi connectivity index (χ0v) is 11.6. The molecule has 0 aliphatic rings. The lowest BCUT2D eigenvalue weighted by atomic mass is 10.2. The highest BCUT2D eigenvalue weighted by Gasteiger charge is 2.21. The highest BCUT2D eigenvalue weighted by molar-refractivity contribution is 9.10. The van der Waals surface area contributed by atoms with E-state index >= 15 is 0 Å². The summed E-state index contributed by atoms with van der Waals surface area (Å²) in [5.41, 5.74) is 5.40. The number of likely N-dealkylation sites (N-methyl/N-ethyl adjacent to an activating group) is 1. The third kappa shape index (κ3) is 3.47. The van der Waals surface area contributed by atoms with Gasteiger partial charge in [0.25, 0.3) is 5.91 Å². The summed E-state index contributed by atoms with van der Waals surface area (Å²) in [6.07, 6.45) is 0. The predicted molar refractivity (Wildman–Crippen MR) is 72.5 cm³/mol. The third-order valence-corrected chi connectivity index (χ3v) is 2.98. The molecule has 0 fully saturated rings. The Bertz CT molecular complexity index is 433. The molecule has 0 atom stereocenters. The summed E-state index contributed by atoms with van der Waals surface area (Å²) in [5.74, 6) is -0.990. The number of rotatable bonds is 4. The Morgan fingerprint density at radius 3 is 2.71 bits per heavy atom. The molecule has 0 radical (unpaired) electrons. The fraction of sp³-hybridized carbons (Fsp3) is 0.273. The zero-order valence-electron chi connectivity index (χ0n) is 9.24. The van der Waals surface area contributed by atoms with Gasteiger partial charge in [-0.15, -0.1) is 0 Å². The number of carbonyl (C=O) groups excluding carboxylic acids is 1. The molecule has 1 rings (SSSR count). The highest BCUT2D eigenvalue weighted by Crippen LogP contribution is 2.21. The molecule has 0 unspecified atom stereocenters. The van der Waals surface area contributed by atoms with Crippen LogP contribution in [0.4, 0.5) is 4.39 Å². The fourth-order valence-corrected chi connectivity index (χ4v) is 2.04. The van der Waals surface area contributed by atoms with Gasteiger partial charge in [0.15, 0.2) is 0 Å². The van der Waals surface area contributed by atoms with E-state index in [2.05, 4.69) is 15.9 Å². The maximum atomic E-state index is 13.6. The van der Waals surface area contributed by atoms with Gasteiger partial charge >= 0.3 is 0 Å². The van der Waals surface area contributed by atoms with Gasteiger partial charge in [-0.2, -0.15) is 0 Å². The van der Waals surface area contributed by atoms with Crippen molar-refractivity contribution in [3.8, 4) is 0 Å². The average Bonchev–Trinajstić information content (AvgIpc) is 2.25. The smallest absolute Gasteiger partial charge is 0.258 e. The van der Waals surface area contributed by atoms with Gasteiger partial charge in [0.2, 0.25) is 0 Å². The van der Waals surface area contributed by atoms with Gasteiger partial charge in [-0.25, -0.2) is 4.39 Å². The van der Waals surface area contributed by atoms with Gasteiger partial charge in [0, 0.05) is 11.0 Å². The molecule has 1 aromatic carbocycles. The molecule has 0 bridgehead atoms. The number of benzene rings is 1. The van der Waals surface area contributed by atoms with E-state index in [0.717, 1.165) is 0 Å². The minimum atomic E-state index is -0.564. The summed E-state index contributed by atoms with van der Waals surface area (Å²) >= 11 is 7.91. The van der Waals surface area contributed by atoms with E-state index < -0.39 is 11.7 Å². The quantitative estimate of drug-likeness (QED) is 0.867. The summed E-state index contributed by atoms with van der Waals surface area (Å²) in [7, 11) is 0. The lowest BCUT2D eigenvalue weighted by Crippen LogP contribution is -2.38. The first-order valence-electron chi connectivity index (χ1n) is 4.99. The molecule has 1 aromatic rings. The topological polar surface area (TPSA) is 46.3 Å². The molecule has 17 heavy (non-hydrogen) atoms.